The van der Waals surface area contributed by atoms with Gasteiger partial charge in [0.2, 0.25) is 5.91 Å². The molecule has 0 bridgehead atoms. The Hall–Kier alpha value is -3.33. The second-order valence-corrected chi connectivity index (χ2v) is 6.89. The molecule has 3 aromatic rings. The van der Waals surface area contributed by atoms with Crippen molar-refractivity contribution in [3.63, 3.8) is 0 Å². The number of primary amides is 1. The third kappa shape index (κ3) is 4.46. The lowest BCUT2D eigenvalue weighted by atomic mass is 10.1. The van der Waals surface area contributed by atoms with Gasteiger partial charge in [-0.25, -0.2) is 4.68 Å². The highest BCUT2D eigenvalue weighted by atomic mass is 35.5. The number of alkyl halides is 3. The number of nitrogens with zero attached hydrogens (tertiary/aromatic N) is 3. The molecule has 0 aliphatic rings. The van der Waals surface area contributed by atoms with Gasteiger partial charge in [-0.3, -0.25) is 9.59 Å². The highest BCUT2D eigenvalue weighted by Crippen LogP contribution is 2.34. The largest absolute Gasteiger partial charge is 0.435 e. The summed E-state index contributed by atoms with van der Waals surface area (Å²) < 4.78 is 41.0. The summed E-state index contributed by atoms with van der Waals surface area (Å²) in [4.78, 5) is 24.5. The van der Waals surface area contributed by atoms with Crippen LogP contribution in [0.15, 0.2) is 54.6 Å². The van der Waals surface area contributed by atoms with Crippen molar-refractivity contribution in [1.82, 2.24) is 14.7 Å². The number of para-hydroxylation sites is 1. The molecule has 0 aliphatic heterocycles. The van der Waals surface area contributed by atoms with Crippen molar-refractivity contribution < 1.29 is 22.8 Å². The van der Waals surface area contributed by atoms with Gasteiger partial charge in [0.05, 0.1) is 22.9 Å². The van der Waals surface area contributed by atoms with Crippen LogP contribution in [0.3, 0.4) is 0 Å². The van der Waals surface area contributed by atoms with Gasteiger partial charge in [0.15, 0.2) is 5.69 Å². The van der Waals surface area contributed by atoms with Crippen LogP contribution in [0.2, 0.25) is 5.02 Å². The number of halogens is 4. The van der Waals surface area contributed by atoms with Crippen LogP contribution < -0.4 is 5.73 Å². The zero-order chi connectivity index (χ0) is 22.1. The lowest BCUT2D eigenvalue weighted by molar-refractivity contribution is -0.141. The second-order valence-electron chi connectivity index (χ2n) is 6.48. The number of hydrogen-bond donors (Lipinski definition) is 1. The van der Waals surface area contributed by atoms with E-state index >= 15 is 0 Å². The van der Waals surface area contributed by atoms with Crippen LogP contribution in [0, 0.1) is 0 Å². The van der Waals surface area contributed by atoms with Crippen LogP contribution in [0.4, 0.5) is 13.2 Å². The summed E-state index contributed by atoms with van der Waals surface area (Å²) in [5.41, 5.74) is 5.10. The molecule has 6 nitrogen and oxygen atoms in total. The first-order valence-corrected chi connectivity index (χ1v) is 9.02. The highest BCUT2D eigenvalue weighted by molar-refractivity contribution is 6.32. The van der Waals surface area contributed by atoms with E-state index < -0.39 is 23.7 Å². The predicted octanol–water partition coefficient (Wildman–Crippen LogP) is 3.77. The quantitative estimate of drug-likeness (QED) is 0.661. The van der Waals surface area contributed by atoms with E-state index in [0.29, 0.717) is 5.56 Å². The van der Waals surface area contributed by atoms with E-state index in [9.17, 15) is 22.8 Å². The van der Waals surface area contributed by atoms with Crippen LogP contribution in [-0.2, 0) is 11.0 Å². The van der Waals surface area contributed by atoms with Gasteiger partial charge in [0.1, 0.15) is 0 Å². The Labute approximate surface area is 174 Å². The molecule has 1 aromatic heterocycles. The van der Waals surface area contributed by atoms with Crippen molar-refractivity contribution in [3.8, 4) is 16.9 Å². The first-order valence-electron chi connectivity index (χ1n) is 8.64. The monoisotopic (exact) mass is 436 g/mol. The predicted molar refractivity (Wildman–Crippen MR) is 105 cm³/mol. The highest BCUT2D eigenvalue weighted by Gasteiger charge is 2.35. The molecular weight excluding hydrogens is 421 g/mol. The Kier molecular flexibility index (Phi) is 5.84. The molecule has 1 heterocycles. The molecule has 156 valence electrons. The molecule has 0 atom stereocenters. The molecule has 0 aliphatic carbocycles. The summed E-state index contributed by atoms with van der Waals surface area (Å²) in [5, 5.41) is 3.92. The first-order chi connectivity index (χ1) is 14.1. The summed E-state index contributed by atoms with van der Waals surface area (Å²) in [7, 11) is 1.42. The lowest BCUT2D eigenvalue weighted by Crippen LogP contribution is -2.35. The second kappa shape index (κ2) is 8.19. The van der Waals surface area contributed by atoms with Gasteiger partial charge in [0, 0.05) is 18.2 Å². The molecule has 2 amide bonds. The minimum atomic E-state index is -4.64. The molecule has 0 saturated heterocycles. The first kappa shape index (κ1) is 21.4. The minimum absolute atomic E-state index is 0.153. The Bertz CT molecular complexity index is 1090. The molecule has 0 fully saturated rings. The van der Waals surface area contributed by atoms with E-state index in [-0.39, 0.29) is 28.5 Å². The Morgan fingerprint density at radius 1 is 1.13 bits per heavy atom. The molecular formula is C20H16ClF3N4O2. The van der Waals surface area contributed by atoms with Crippen molar-refractivity contribution in [3.05, 3.63) is 70.9 Å². The van der Waals surface area contributed by atoms with Crippen LogP contribution in [0.5, 0.6) is 0 Å². The minimum Gasteiger partial charge on any atom is -0.368 e. The van der Waals surface area contributed by atoms with E-state index in [4.69, 9.17) is 17.3 Å². The van der Waals surface area contributed by atoms with E-state index in [2.05, 4.69) is 5.10 Å². The smallest absolute Gasteiger partial charge is 0.368 e. The summed E-state index contributed by atoms with van der Waals surface area (Å²) in [5.74, 6) is -1.11. The number of amides is 2. The van der Waals surface area contributed by atoms with Crippen molar-refractivity contribution >= 4 is 23.4 Å². The van der Waals surface area contributed by atoms with Crippen molar-refractivity contribution in [2.45, 2.75) is 6.18 Å². The summed E-state index contributed by atoms with van der Waals surface area (Å²) >= 11 is 6.15. The number of hydrogen-bond acceptors (Lipinski definition) is 3. The Morgan fingerprint density at radius 3 is 2.33 bits per heavy atom. The average Bonchev–Trinajstić information content (AvgIpc) is 3.13. The summed E-state index contributed by atoms with van der Waals surface area (Å²) in [6.07, 6.45) is -4.64. The van der Waals surface area contributed by atoms with Crippen LogP contribution >= 0.6 is 11.6 Å². The third-order valence-corrected chi connectivity index (χ3v) is 4.57. The SMILES string of the molecule is CN(CC(N)=O)C(=O)c1ccc(-c2cc(C(F)(F)F)nn2-c2ccccc2Cl)cc1. The van der Waals surface area contributed by atoms with E-state index in [0.717, 1.165) is 15.6 Å². The molecule has 30 heavy (non-hydrogen) atoms. The number of nitrogens with two attached hydrogens (primary N) is 1. The van der Waals surface area contributed by atoms with Gasteiger partial charge in [-0.2, -0.15) is 18.3 Å². The zero-order valence-electron chi connectivity index (χ0n) is 15.7. The molecule has 2 N–H and O–H groups in total. The maximum atomic E-state index is 13.3. The third-order valence-electron chi connectivity index (χ3n) is 4.25. The number of benzene rings is 2. The number of rotatable bonds is 5. The van der Waals surface area contributed by atoms with Gasteiger partial charge < -0.3 is 10.6 Å². The molecule has 2 aromatic carbocycles. The van der Waals surface area contributed by atoms with Gasteiger partial charge >= 0.3 is 6.18 Å². The maximum Gasteiger partial charge on any atom is 0.435 e. The van der Waals surface area contributed by atoms with Crippen LogP contribution in [0.25, 0.3) is 16.9 Å². The van der Waals surface area contributed by atoms with Crippen molar-refractivity contribution in [2.75, 3.05) is 13.6 Å². The summed E-state index contributed by atoms with van der Waals surface area (Å²) in [6.45, 7) is -0.255. The Morgan fingerprint density at radius 2 is 1.77 bits per heavy atom. The van der Waals surface area contributed by atoms with E-state index in [1.165, 1.54) is 31.3 Å². The molecule has 0 unspecified atom stereocenters. The van der Waals surface area contributed by atoms with E-state index in [1.807, 2.05) is 0 Å². The van der Waals surface area contributed by atoms with Gasteiger partial charge in [-0.1, -0.05) is 35.9 Å². The summed E-state index contributed by atoms with van der Waals surface area (Å²) in [6, 6.07) is 13.2. The fourth-order valence-electron chi connectivity index (χ4n) is 2.84. The number of aromatic nitrogens is 2. The molecule has 10 heteroatoms. The van der Waals surface area contributed by atoms with Gasteiger partial charge in [0.25, 0.3) is 5.91 Å². The zero-order valence-corrected chi connectivity index (χ0v) is 16.4. The average molecular weight is 437 g/mol. The standard InChI is InChI=1S/C20H16ClF3N4O2/c1-27(11-18(25)29)19(30)13-8-6-12(7-9-13)16-10-17(20(22,23)24)26-28(16)15-5-3-2-4-14(15)21/h2-10H,11H2,1H3,(H2,25,29). The lowest BCUT2D eigenvalue weighted by Gasteiger charge is -2.15. The molecule has 0 radical (unpaired) electrons. The number of likely N-dealkylation sites (N-methyl/N-ethyl adjacent to an activating group) is 1. The topological polar surface area (TPSA) is 81.2 Å². The number of carbonyl (C=O) groups excluding carboxylic acids is 2. The Balaban J connectivity index is 2.03. The van der Waals surface area contributed by atoms with E-state index in [1.54, 1.807) is 24.3 Å². The maximum absolute atomic E-state index is 13.3. The number of carbonyl (C=O) groups is 2. The fraction of sp³-hybridized carbons (Fsp3) is 0.150. The molecule has 3 rings (SSSR count). The van der Waals surface area contributed by atoms with Crippen molar-refractivity contribution in [1.29, 1.82) is 0 Å². The van der Waals surface area contributed by atoms with Crippen molar-refractivity contribution in [2.24, 2.45) is 5.73 Å². The molecule has 0 saturated carbocycles. The normalized spacial score (nSPS) is 11.4. The van der Waals surface area contributed by atoms with Crippen LogP contribution in [-0.4, -0.2) is 40.1 Å². The van der Waals surface area contributed by atoms with Crippen LogP contribution in [0.1, 0.15) is 16.1 Å². The van der Waals surface area contributed by atoms with Gasteiger partial charge in [-0.15, -0.1) is 0 Å². The van der Waals surface area contributed by atoms with Gasteiger partial charge in [-0.05, 0) is 30.3 Å². The fourth-order valence-corrected chi connectivity index (χ4v) is 3.06. The molecule has 0 spiro atoms.